The average molecular weight is 281 g/mol. The van der Waals surface area contributed by atoms with Crippen molar-refractivity contribution in [3.63, 3.8) is 0 Å². The Bertz CT molecular complexity index is 500. The summed E-state index contributed by atoms with van der Waals surface area (Å²) in [6, 6.07) is 0. The van der Waals surface area contributed by atoms with Crippen molar-refractivity contribution in [2.24, 2.45) is 0 Å². The Morgan fingerprint density at radius 1 is 1.37 bits per heavy atom. The SMILES string of the molecule is CCOC(=O)c1c(C)nc(F)c(C(F)(F)F)c1OC. The van der Waals surface area contributed by atoms with Crippen LogP contribution in [0.15, 0.2) is 0 Å². The van der Waals surface area contributed by atoms with E-state index in [2.05, 4.69) is 14.5 Å². The van der Waals surface area contributed by atoms with Gasteiger partial charge in [0.15, 0.2) is 11.3 Å². The lowest BCUT2D eigenvalue weighted by atomic mass is 10.1. The highest BCUT2D eigenvalue weighted by Crippen LogP contribution is 2.40. The molecular weight excluding hydrogens is 270 g/mol. The van der Waals surface area contributed by atoms with E-state index < -0.39 is 35.0 Å². The molecule has 1 heterocycles. The van der Waals surface area contributed by atoms with Crippen LogP contribution in [0.1, 0.15) is 28.5 Å². The van der Waals surface area contributed by atoms with Crippen LogP contribution in [0.2, 0.25) is 0 Å². The Balaban J connectivity index is 3.60. The first-order chi connectivity index (χ1) is 8.73. The van der Waals surface area contributed by atoms with E-state index in [1.165, 1.54) is 13.8 Å². The Labute approximate surface area is 106 Å². The van der Waals surface area contributed by atoms with Crippen LogP contribution >= 0.6 is 0 Å². The summed E-state index contributed by atoms with van der Waals surface area (Å²) in [6.07, 6.45) is -5.03. The van der Waals surface area contributed by atoms with Crippen LogP contribution in [-0.2, 0) is 10.9 Å². The van der Waals surface area contributed by atoms with Crippen molar-refractivity contribution in [1.29, 1.82) is 0 Å². The molecule has 0 amide bonds. The molecule has 0 spiro atoms. The van der Waals surface area contributed by atoms with Crippen molar-refractivity contribution in [1.82, 2.24) is 4.98 Å². The second-order valence-electron chi connectivity index (χ2n) is 3.49. The Morgan fingerprint density at radius 2 is 1.95 bits per heavy atom. The average Bonchev–Trinajstić information content (AvgIpc) is 2.25. The molecule has 1 aromatic heterocycles. The molecule has 0 aliphatic rings. The van der Waals surface area contributed by atoms with E-state index in [1.807, 2.05) is 0 Å². The fourth-order valence-corrected chi connectivity index (χ4v) is 1.54. The molecule has 0 saturated carbocycles. The van der Waals surface area contributed by atoms with Gasteiger partial charge in [-0.05, 0) is 13.8 Å². The third-order valence-electron chi connectivity index (χ3n) is 2.26. The fraction of sp³-hybridized carbons (Fsp3) is 0.455. The molecule has 0 fully saturated rings. The number of hydrogen-bond acceptors (Lipinski definition) is 4. The van der Waals surface area contributed by atoms with Gasteiger partial charge >= 0.3 is 12.1 Å². The van der Waals surface area contributed by atoms with E-state index in [9.17, 15) is 22.4 Å². The number of alkyl halides is 3. The van der Waals surface area contributed by atoms with Crippen LogP contribution in [-0.4, -0.2) is 24.7 Å². The largest absolute Gasteiger partial charge is 0.495 e. The summed E-state index contributed by atoms with van der Waals surface area (Å²) in [6.45, 7) is 2.64. The monoisotopic (exact) mass is 281 g/mol. The minimum Gasteiger partial charge on any atom is -0.495 e. The number of nitrogens with zero attached hydrogens (tertiary/aromatic N) is 1. The number of aromatic nitrogens is 1. The van der Waals surface area contributed by atoms with E-state index in [1.54, 1.807) is 0 Å². The number of hydrogen-bond donors (Lipinski definition) is 0. The first kappa shape index (κ1) is 15.2. The van der Waals surface area contributed by atoms with Gasteiger partial charge in [0.1, 0.15) is 5.56 Å². The van der Waals surface area contributed by atoms with Crippen molar-refractivity contribution in [2.75, 3.05) is 13.7 Å². The minimum absolute atomic E-state index is 0.0415. The highest BCUT2D eigenvalue weighted by Gasteiger charge is 2.41. The summed E-state index contributed by atoms with van der Waals surface area (Å²) < 4.78 is 60.7. The van der Waals surface area contributed by atoms with E-state index in [0.717, 1.165) is 7.11 Å². The van der Waals surface area contributed by atoms with Crippen LogP contribution < -0.4 is 4.74 Å². The zero-order valence-corrected chi connectivity index (χ0v) is 10.4. The molecule has 0 aromatic carbocycles. The molecule has 0 bridgehead atoms. The van der Waals surface area contributed by atoms with E-state index in [0.29, 0.717) is 0 Å². The van der Waals surface area contributed by atoms with Gasteiger partial charge in [0, 0.05) is 0 Å². The van der Waals surface area contributed by atoms with Crippen LogP contribution in [0, 0.1) is 12.9 Å². The number of halogens is 4. The molecule has 1 rings (SSSR count). The quantitative estimate of drug-likeness (QED) is 0.485. The maximum atomic E-state index is 13.4. The zero-order valence-electron chi connectivity index (χ0n) is 10.4. The zero-order chi connectivity index (χ0) is 14.8. The minimum atomic E-state index is -5.03. The van der Waals surface area contributed by atoms with Gasteiger partial charge in [-0.15, -0.1) is 0 Å². The van der Waals surface area contributed by atoms with Gasteiger partial charge in [-0.3, -0.25) is 0 Å². The maximum Gasteiger partial charge on any atom is 0.424 e. The van der Waals surface area contributed by atoms with Gasteiger partial charge in [-0.25, -0.2) is 9.78 Å². The summed E-state index contributed by atoms with van der Waals surface area (Å²) >= 11 is 0. The number of pyridine rings is 1. The van der Waals surface area contributed by atoms with Gasteiger partial charge in [0.25, 0.3) is 0 Å². The van der Waals surface area contributed by atoms with Crippen molar-refractivity contribution in [3.05, 3.63) is 22.8 Å². The van der Waals surface area contributed by atoms with Gasteiger partial charge in [0.2, 0.25) is 5.95 Å². The molecule has 0 aliphatic heterocycles. The van der Waals surface area contributed by atoms with Crippen LogP contribution in [0.3, 0.4) is 0 Å². The normalized spacial score (nSPS) is 11.3. The maximum absolute atomic E-state index is 13.4. The van der Waals surface area contributed by atoms with E-state index in [4.69, 9.17) is 0 Å². The van der Waals surface area contributed by atoms with Gasteiger partial charge < -0.3 is 9.47 Å². The van der Waals surface area contributed by atoms with Crippen molar-refractivity contribution in [3.8, 4) is 5.75 Å². The van der Waals surface area contributed by atoms with E-state index >= 15 is 0 Å². The van der Waals surface area contributed by atoms with Crippen LogP contribution in [0.5, 0.6) is 5.75 Å². The number of rotatable bonds is 3. The standard InChI is InChI=1S/C11H11F4NO3/c1-4-19-10(17)6-5(2)16-9(12)7(8(6)18-3)11(13,14)15/h4H2,1-3H3. The molecule has 0 radical (unpaired) electrons. The number of aryl methyl sites for hydroxylation is 1. The van der Waals surface area contributed by atoms with Gasteiger partial charge in [0.05, 0.1) is 19.4 Å². The molecule has 0 saturated heterocycles. The Morgan fingerprint density at radius 3 is 2.37 bits per heavy atom. The lowest BCUT2D eigenvalue weighted by molar-refractivity contribution is -0.141. The third kappa shape index (κ3) is 2.94. The Kier molecular flexibility index (Phi) is 4.33. The third-order valence-corrected chi connectivity index (χ3v) is 2.26. The molecule has 0 atom stereocenters. The highest BCUT2D eigenvalue weighted by molar-refractivity contribution is 5.94. The smallest absolute Gasteiger partial charge is 0.424 e. The number of ether oxygens (including phenoxy) is 2. The predicted octanol–water partition coefficient (Wildman–Crippen LogP) is 2.73. The first-order valence-electron chi connectivity index (χ1n) is 5.22. The molecule has 1 aromatic rings. The van der Waals surface area contributed by atoms with E-state index in [-0.39, 0.29) is 12.3 Å². The summed E-state index contributed by atoms with van der Waals surface area (Å²) in [4.78, 5) is 14.7. The second kappa shape index (κ2) is 5.41. The lowest BCUT2D eigenvalue weighted by Crippen LogP contribution is -2.18. The molecule has 19 heavy (non-hydrogen) atoms. The molecule has 0 N–H and O–H groups in total. The summed E-state index contributed by atoms with van der Waals surface area (Å²) in [5, 5.41) is 0. The number of methoxy groups -OCH3 is 1. The number of carbonyl (C=O) groups excluding carboxylic acids is 1. The molecule has 0 unspecified atom stereocenters. The molecule has 0 aliphatic carbocycles. The van der Waals surface area contributed by atoms with Crippen LogP contribution in [0.25, 0.3) is 0 Å². The predicted molar refractivity (Wildman–Crippen MR) is 56.4 cm³/mol. The summed E-state index contributed by atoms with van der Waals surface area (Å²) in [5.41, 5.74) is -2.48. The molecule has 8 heteroatoms. The topological polar surface area (TPSA) is 48.4 Å². The van der Waals surface area contributed by atoms with Gasteiger partial charge in [-0.1, -0.05) is 0 Å². The summed E-state index contributed by atoms with van der Waals surface area (Å²) in [5.74, 6) is -3.71. The first-order valence-corrected chi connectivity index (χ1v) is 5.22. The van der Waals surface area contributed by atoms with Crippen molar-refractivity contribution >= 4 is 5.97 Å². The van der Waals surface area contributed by atoms with Crippen LogP contribution in [0.4, 0.5) is 17.6 Å². The number of esters is 1. The van der Waals surface area contributed by atoms with Gasteiger partial charge in [-0.2, -0.15) is 17.6 Å². The fourth-order valence-electron chi connectivity index (χ4n) is 1.54. The second-order valence-corrected chi connectivity index (χ2v) is 3.49. The number of carbonyl (C=O) groups is 1. The molecule has 4 nitrogen and oxygen atoms in total. The van der Waals surface area contributed by atoms with Crippen molar-refractivity contribution in [2.45, 2.75) is 20.0 Å². The van der Waals surface area contributed by atoms with Crippen molar-refractivity contribution < 1.29 is 31.8 Å². The highest BCUT2D eigenvalue weighted by atomic mass is 19.4. The molecule has 106 valence electrons. The summed E-state index contributed by atoms with van der Waals surface area (Å²) in [7, 11) is 0.909. The molecular formula is C11H11F4NO3. The lowest BCUT2D eigenvalue weighted by Gasteiger charge is -2.16. The Hall–Kier alpha value is -1.86.